The number of carbonyl (C=O) groups is 1. The lowest BCUT2D eigenvalue weighted by molar-refractivity contribution is -0.119. The third kappa shape index (κ3) is 6.40. The number of amides is 1. The van der Waals surface area contributed by atoms with E-state index in [4.69, 9.17) is 16.3 Å². The van der Waals surface area contributed by atoms with E-state index in [-0.39, 0.29) is 10.7 Å². The topological polar surface area (TPSA) is 88.1 Å². The third-order valence-electron chi connectivity index (χ3n) is 3.46. The molecule has 0 fully saturated rings. The highest BCUT2D eigenvalue weighted by atomic mass is 35.5. The normalized spacial score (nSPS) is 11.2. The largest absolute Gasteiger partial charge is 0.490 e. The van der Waals surface area contributed by atoms with Crippen LogP contribution in [0.1, 0.15) is 5.56 Å². The summed E-state index contributed by atoms with van der Waals surface area (Å²) in [6.07, 6.45) is 4.09. The molecule has 0 aromatic heterocycles. The number of carbonyl (C=O) groups excluding carboxylic acids is 1. The van der Waals surface area contributed by atoms with Crippen molar-refractivity contribution in [2.75, 3.05) is 23.7 Å². The number of anilines is 1. The fourth-order valence-corrected chi connectivity index (χ4v) is 3.34. The standard InChI is InChI=1S/C19H20ClN3O4S/c1-3-12-27-16-10-8-15(9-11-16)13-21-22-19(24)14-23(28(2,25)26)18-7-5-4-6-17(18)20/h3-11,13H,1,12,14H2,2H3,(H,22,24)/b21-13-. The fourth-order valence-electron chi connectivity index (χ4n) is 2.18. The summed E-state index contributed by atoms with van der Waals surface area (Å²) < 4.78 is 30.4. The SMILES string of the molecule is C=CCOc1ccc(/C=N\NC(=O)CN(c2ccccc2Cl)S(C)(=O)=O)cc1. The average Bonchev–Trinajstić information content (AvgIpc) is 2.65. The number of hydrogen-bond donors (Lipinski definition) is 1. The van der Waals surface area contributed by atoms with Gasteiger partial charge in [-0.3, -0.25) is 9.10 Å². The van der Waals surface area contributed by atoms with Crippen molar-refractivity contribution in [3.8, 4) is 5.75 Å². The molecule has 148 valence electrons. The van der Waals surface area contributed by atoms with E-state index < -0.39 is 22.5 Å². The van der Waals surface area contributed by atoms with Gasteiger partial charge in [-0.1, -0.05) is 36.4 Å². The highest BCUT2D eigenvalue weighted by molar-refractivity contribution is 7.92. The molecule has 7 nitrogen and oxygen atoms in total. The molecule has 0 atom stereocenters. The fraction of sp³-hybridized carbons (Fsp3) is 0.158. The Balaban J connectivity index is 2.00. The van der Waals surface area contributed by atoms with Gasteiger partial charge in [-0.2, -0.15) is 5.10 Å². The van der Waals surface area contributed by atoms with Gasteiger partial charge in [0.15, 0.2) is 0 Å². The number of hydrazone groups is 1. The van der Waals surface area contributed by atoms with Crippen LogP contribution in [0.15, 0.2) is 66.3 Å². The second kappa shape index (κ2) is 9.91. The molecule has 0 unspecified atom stereocenters. The van der Waals surface area contributed by atoms with Crippen LogP contribution in [0.5, 0.6) is 5.75 Å². The van der Waals surface area contributed by atoms with E-state index in [1.165, 1.54) is 12.3 Å². The highest BCUT2D eigenvalue weighted by Crippen LogP contribution is 2.26. The first kappa shape index (κ1) is 21.5. The van der Waals surface area contributed by atoms with Gasteiger partial charge < -0.3 is 4.74 Å². The Morgan fingerprint density at radius 2 is 1.93 bits per heavy atom. The van der Waals surface area contributed by atoms with E-state index in [2.05, 4.69) is 17.1 Å². The van der Waals surface area contributed by atoms with Crippen LogP contribution in [-0.4, -0.2) is 39.9 Å². The van der Waals surface area contributed by atoms with Gasteiger partial charge in [-0.25, -0.2) is 13.8 Å². The quantitative estimate of drug-likeness (QED) is 0.383. The van der Waals surface area contributed by atoms with Crippen molar-refractivity contribution < 1.29 is 17.9 Å². The van der Waals surface area contributed by atoms with Gasteiger partial charge in [0.1, 0.15) is 18.9 Å². The number of halogens is 1. The van der Waals surface area contributed by atoms with E-state index in [1.807, 2.05) is 0 Å². The van der Waals surface area contributed by atoms with Crippen LogP contribution >= 0.6 is 11.6 Å². The number of ether oxygens (including phenoxy) is 1. The first-order valence-electron chi connectivity index (χ1n) is 8.19. The summed E-state index contributed by atoms with van der Waals surface area (Å²) in [6.45, 7) is 3.53. The number of para-hydroxylation sites is 1. The zero-order valence-corrected chi connectivity index (χ0v) is 16.8. The Hall–Kier alpha value is -2.84. The summed E-state index contributed by atoms with van der Waals surface area (Å²) in [5.74, 6) is 0.0807. The van der Waals surface area contributed by atoms with Crippen molar-refractivity contribution >= 4 is 39.4 Å². The maximum atomic E-state index is 12.1. The molecule has 1 N–H and O–H groups in total. The lowest BCUT2D eigenvalue weighted by Gasteiger charge is -2.22. The predicted octanol–water partition coefficient (Wildman–Crippen LogP) is 2.82. The van der Waals surface area contributed by atoms with Crippen molar-refractivity contribution in [1.82, 2.24) is 5.43 Å². The molecule has 2 rings (SSSR count). The summed E-state index contributed by atoms with van der Waals surface area (Å²) >= 11 is 6.05. The maximum absolute atomic E-state index is 12.1. The summed E-state index contributed by atoms with van der Waals surface area (Å²) in [5, 5.41) is 4.07. The second-order valence-electron chi connectivity index (χ2n) is 5.68. The molecule has 0 bridgehead atoms. The van der Waals surface area contributed by atoms with E-state index >= 15 is 0 Å². The Bertz CT molecular complexity index is 959. The minimum atomic E-state index is -3.71. The second-order valence-corrected chi connectivity index (χ2v) is 8.00. The van der Waals surface area contributed by atoms with E-state index in [0.717, 1.165) is 16.1 Å². The molecule has 9 heteroatoms. The number of benzene rings is 2. The van der Waals surface area contributed by atoms with Crippen molar-refractivity contribution in [1.29, 1.82) is 0 Å². The molecule has 0 radical (unpaired) electrons. The van der Waals surface area contributed by atoms with Crippen molar-refractivity contribution in [2.45, 2.75) is 0 Å². The Kier molecular flexibility index (Phi) is 7.60. The predicted molar refractivity (Wildman–Crippen MR) is 112 cm³/mol. The van der Waals surface area contributed by atoms with Gasteiger partial charge in [-0.05, 0) is 42.0 Å². The van der Waals surface area contributed by atoms with Crippen LogP contribution in [0.3, 0.4) is 0 Å². The molecule has 2 aromatic carbocycles. The van der Waals surface area contributed by atoms with Crippen LogP contribution in [-0.2, 0) is 14.8 Å². The smallest absolute Gasteiger partial charge is 0.260 e. The lowest BCUT2D eigenvalue weighted by Crippen LogP contribution is -2.39. The van der Waals surface area contributed by atoms with Gasteiger partial charge in [0.05, 0.1) is 23.2 Å². The van der Waals surface area contributed by atoms with E-state index in [9.17, 15) is 13.2 Å². The molecule has 1 amide bonds. The van der Waals surface area contributed by atoms with E-state index in [1.54, 1.807) is 48.5 Å². The first-order valence-corrected chi connectivity index (χ1v) is 10.4. The van der Waals surface area contributed by atoms with Gasteiger partial charge in [-0.15, -0.1) is 0 Å². The van der Waals surface area contributed by atoms with Gasteiger partial charge in [0, 0.05) is 0 Å². The van der Waals surface area contributed by atoms with Crippen LogP contribution in [0, 0.1) is 0 Å². The minimum absolute atomic E-state index is 0.223. The third-order valence-corrected chi connectivity index (χ3v) is 4.91. The molecule has 2 aromatic rings. The number of sulfonamides is 1. The average molecular weight is 422 g/mol. The molecule has 0 saturated heterocycles. The van der Waals surface area contributed by atoms with Crippen molar-refractivity contribution in [3.63, 3.8) is 0 Å². The van der Waals surface area contributed by atoms with Crippen LogP contribution < -0.4 is 14.5 Å². The van der Waals surface area contributed by atoms with Crippen LogP contribution in [0.2, 0.25) is 5.02 Å². The first-order chi connectivity index (χ1) is 13.3. The molecule has 0 aliphatic rings. The number of rotatable bonds is 9. The maximum Gasteiger partial charge on any atom is 0.260 e. The molecule has 0 saturated carbocycles. The molecule has 28 heavy (non-hydrogen) atoms. The molecule has 0 heterocycles. The van der Waals surface area contributed by atoms with Crippen LogP contribution in [0.25, 0.3) is 0 Å². The Labute approximate surface area is 169 Å². The van der Waals surface area contributed by atoms with Crippen molar-refractivity contribution in [2.24, 2.45) is 5.10 Å². The molecule has 0 spiro atoms. The van der Waals surface area contributed by atoms with Crippen molar-refractivity contribution in [3.05, 3.63) is 71.8 Å². The summed E-state index contributed by atoms with van der Waals surface area (Å²) in [4.78, 5) is 12.1. The lowest BCUT2D eigenvalue weighted by atomic mass is 10.2. The van der Waals surface area contributed by atoms with Gasteiger partial charge in [0.2, 0.25) is 10.0 Å². The van der Waals surface area contributed by atoms with Gasteiger partial charge >= 0.3 is 0 Å². The zero-order chi connectivity index (χ0) is 20.6. The number of nitrogens with one attached hydrogen (secondary N) is 1. The zero-order valence-electron chi connectivity index (χ0n) is 15.2. The molecule has 0 aliphatic carbocycles. The summed E-state index contributed by atoms with van der Waals surface area (Å²) in [5.41, 5.74) is 3.27. The molecular weight excluding hydrogens is 402 g/mol. The molecular formula is C19H20ClN3O4S. The highest BCUT2D eigenvalue weighted by Gasteiger charge is 2.22. The molecule has 0 aliphatic heterocycles. The number of nitrogens with zero attached hydrogens (tertiary/aromatic N) is 2. The minimum Gasteiger partial charge on any atom is -0.490 e. The van der Waals surface area contributed by atoms with Crippen LogP contribution in [0.4, 0.5) is 5.69 Å². The number of hydrogen-bond acceptors (Lipinski definition) is 5. The summed E-state index contributed by atoms with van der Waals surface area (Å²) in [7, 11) is -3.71. The Morgan fingerprint density at radius 3 is 2.54 bits per heavy atom. The van der Waals surface area contributed by atoms with E-state index in [0.29, 0.717) is 12.4 Å². The van der Waals surface area contributed by atoms with Gasteiger partial charge in [0.25, 0.3) is 5.91 Å². The monoisotopic (exact) mass is 421 g/mol. The summed E-state index contributed by atoms with van der Waals surface area (Å²) in [6, 6.07) is 13.4. The Morgan fingerprint density at radius 1 is 1.25 bits per heavy atom.